The molecule has 21 heavy (non-hydrogen) atoms. The zero-order valence-electron chi connectivity index (χ0n) is 11.5. The lowest BCUT2D eigenvalue weighted by molar-refractivity contribution is -0.396. The van der Waals surface area contributed by atoms with Crippen molar-refractivity contribution < 1.29 is 14.0 Å². The highest BCUT2D eigenvalue weighted by atomic mass is 35.5. The van der Waals surface area contributed by atoms with E-state index in [1.54, 1.807) is 0 Å². The van der Waals surface area contributed by atoms with E-state index in [4.69, 9.17) is 27.7 Å². The van der Waals surface area contributed by atoms with Crippen molar-refractivity contribution in [1.29, 1.82) is 0 Å². The van der Waals surface area contributed by atoms with Gasteiger partial charge in [0.15, 0.2) is 0 Å². The van der Waals surface area contributed by atoms with E-state index in [2.05, 4.69) is 10.1 Å². The molecular formula is C10H17Cl2N4O4P. The quantitative estimate of drug-likeness (QED) is 0.298. The van der Waals surface area contributed by atoms with E-state index < -0.39 is 12.4 Å². The number of alkyl halides is 2. The molecule has 0 fully saturated rings. The number of hydrogen-bond acceptors (Lipinski definition) is 5. The van der Waals surface area contributed by atoms with Gasteiger partial charge >= 0.3 is 5.95 Å². The molecule has 0 saturated heterocycles. The SMILES string of the molecule is Cn1c(COP(=O)(CCCCl)NCCCl)cnc1[N+](=O)[O-]. The Labute approximate surface area is 132 Å². The van der Waals surface area contributed by atoms with Crippen molar-refractivity contribution in [2.75, 3.05) is 24.5 Å². The maximum Gasteiger partial charge on any atom is 0.434 e. The molecule has 1 heterocycles. The number of imidazole rings is 1. The predicted octanol–water partition coefficient (Wildman–Crippen LogP) is 2.50. The summed E-state index contributed by atoms with van der Waals surface area (Å²) < 4.78 is 19.3. The van der Waals surface area contributed by atoms with Crippen molar-refractivity contribution in [3.8, 4) is 0 Å². The second-order valence-electron chi connectivity index (χ2n) is 4.18. The summed E-state index contributed by atoms with van der Waals surface area (Å²) >= 11 is 11.2. The normalized spacial score (nSPS) is 14.0. The summed E-state index contributed by atoms with van der Waals surface area (Å²) in [5.74, 6) is 0.372. The predicted molar refractivity (Wildman–Crippen MR) is 81.2 cm³/mol. The largest absolute Gasteiger partial charge is 0.434 e. The fourth-order valence-electron chi connectivity index (χ4n) is 1.58. The summed E-state index contributed by atoms with van der Waals surface area (Å²) in [5, 5.41) is 13.5. The standard InChI is InChI=1S/C10H17Cl2N4O4P/c1-15-9(7-13-10(15)16(17)18)8-20-21(19,6-2-3-11)14-5-4-12/h7H,2-6,8H2,1H3,(H,14,19). The Morgan fingerprint density at radius 1 is 1.52 bits per heavy atom. The van der Waals surface area contributed by atoms with Crippen LogP contribution in [0, 0.1) is 10.1 Å². The molecule has 8 nitrogen and oxygen atoms in total. The van der Waals surface area contributed by atoms with Crippen molar-refractivity contribution >= 4 is 36.7 Å². The smallest absolute Gasteiger partial charge is 0.390 e. The summed E-state index contributed by atoms with van der Waals surface area (Å²) in [6.45, 7) is 0.291. The summed E-state index contributed by atoms with van der Waals surface area (Å²) in [7, 11) is -1.58. The zero-order chi connectivity index (χ0) is 15.9. The van der Waals surface area contributed by atoms with Gasteiger partial charge < -0.3 is 14.6 Å². The molecule has 0 aromatic carbocycles. The molecule has 0 aliphatic rings. The van der Waals surface area contributed by atoms with Crippen LogP contribution in [0.4, 0.5) is 5.95 Å². The minimum Gasteiger partial charge on any atom is -0.390 e. The van der Waals surface area contributed by atoms with Gasteiger partial charge in [-0.2, -0.15) is 0 Å². The average Bonchev–Trinajstić information content (AvgIpc) is 2.82. The van der Waals surface area contributed by atoms with Crippen molar-refractivity contribution in [3.63, 3.8) is 0 Å². The van der Waals surface area contributed by atoms with Gasteiger partial charge in [-0.1, -0.05) is 4.98 Å². The highest BCUT2D eigenvalue weighted by Gasteiger charge is 2.25. The van der Waals surface area contributed by atoms with Gasteiger partial charge in [-0.25, -0.2) is 9.65 Å². The lowest BCUT2D eigenvalue weighted by Gasteiger charge is -2.18. The fourth-order valence-corrected chi connectivity index (χ4v) is 3.87. The number of rotatable bonds is 10. The lowest BCUT2D eigenvalue weighted by atomic mass is 10.5. The Morgan fingerprint density at radius 2 is 2.24 bits per heavy atom. The molecule has 0 saturated carbocycles. The lowest BCUT2D eigenvalue weighted by Crippen LogP contribution is -2.18. The Morgan fingerprint density at radius 3 is 2.76 bits per heavy atom. The third-order valence-electron chi connectivity index (χ3n) is 2.68. The summed E-state index contributed by atoms with van der Waals surface area (Å²) in [4.78, 5) is 13.8. The van der Waals surface area contributed by atoms with Crippen molar-refractivity contribution in [1.82, 2.24) is 14.6 Å². The molecule has 0 bridgehead atoms. The molecule has 1 unspecified atom stereocenters. The van der Waals surface area contributed by atoms with Crippen molar-refractivity contribution in [2.24, 2.45) is 7.05 Å². The third kappa shape index (κ3) is 5.56. The number of aromatic nitrogens is 2. The first-order valence-electron chi connectivity index (χ1n) is 6.19. The van der Waals surface area contributed by atoms with Gasteiger partial charge in [0.25, 0.3) is 7.52 Å². The number of nitrogens with one attached hydrogen (secondary N) is 1. The highest BCUT2D eigenvalue weighted by molar-refractivity contribution is 7.56. The summed E-state index contributed by atoms with van der Waals surface area (Å²) in [6, 6.07) is 0. The van der Waals surface area contributed by atoms with Crippen LogP contribution in [0.2, 0.25) is 0 Å². The first kappa shape index (κ1) is 18.4. The number of halogens is 2. The molecule has 0 aliphatic carbocycles. The van der Waals surface area contributed by atoms with Gasteiger partial charge in [-0.05, 0) is 11.3 Å². The topological polar surface area (TPSA) is 99.3 Å². The molecule has 1 aromatic rings. The Kier molecular flexibility index (Phi) is 7.62. The molecule has 1 rings (SSSR count). The number of nitro groups is 1. The zero-order valence-corrected chi connectivity index (χ0v) is 13.9. The van der Waals surface area contributed by atoms with Crippen LogP contribution in [0.15, 0.2) is 6.20 Å². The molecule has 0 spiro atoms. The van der Waals surface area contributed by atoms with Crippen LogP contribution in [-0.2, 0) is 22.7 Å². The number of hydrogen-bond donors (Lipinski definition) is 1. The monoisotopic (exact) mass is 358 g/mol. The van der Waals surface area contributed by atoms with Crippen LogP contribution in [-0.4, -0.2) is 38.9 Å². The number of nitrogens with zero attached hydrogens (tertiary/aromatic N) is 3. The first-order chi connectivity index (χ1) is 9.93. The van der Waals surface area contributed by atoms with E-state index in [9.17, 15) is 14.7 Å². The molecule has 0 aliphatic heterocycles. The minimum atomic E-state index is -3.08. The first-order valence-corrected chi connectivity index (χ1v) is 9.07. The summed E-state index contributed by atoms with van der Waals surface area (Å²) in [6.07, 6.45) is 2.12. The van der Waals surface area contributed by atoms with Gasteiger partial charge in [0.05, 0.1) is 7.05 Å². The van der Waals surface area contributed by atoms with Crippen LogP contribution in [0.1, 0.15) is 12.1 Å². The maximum atomic E-state index is 12.5. The molecule has 120 valence electrons. The molecular weight excluding hydrogens is 342 g/mol. The molecule has 1 N–H and O–H groups in total. The van der Waals surface area contributed by atoms with Crippen LogP contribution in [0.25, 0.3) is 0 Å². The van der Waals surface area contributed by atoms with E-state index in [-0.39, 0.29) is 18.7 Å². The second-order valence-corrected chi connectivity index (χ2v) is 7.30. The third-order valence-corrected chi connectivity index (χ3v) is 5.29. The van der Waals surface area contributed by atoms with E-state index in [0.717, 1.165) is 0 Å². The molecule has 11 heteroatoms. The minimum absolute atomic E-state index is 0.0494. The maximum absolute atomic E-state index is 12.5. The second kappa shape index (κ2) is 8.70. The van der Waals surface area contributed by atoms with E-state index >= 15 is 0 Å². The van der Waals surface area contributed by atoms with Gasteiger partial charge in [0.1, 0.15) is 18.5 Å². The van der Waals surface area contributed by atoms with E-state index in [0.29, 0.717) is 30.4 Å². The van der Waals surface area contributed by atoms with Crippen LogP contribution >= 0.6 is 30.7 Å². The van der Waals surface area contributed by atoms with Gasteiger partial charge in [-0.3, -0.25) is 4.57 Å². The van der Waals surface area contributed by atoms with E-state index in [1.165, 1.54) is 17.8 Å². The average molecular weight is 359 g/mol. The van der Waals surface area contributed by atoms with E-state index in [1.807, 2.05) is 0 Å². The van der Waals surface area contributed by atoms with Gasteiger partial charge in [0.2, 0.25) is 0 Å². The molecule has 1 aromatic heterocycles. The Balaban J connectivity index is 2.72. The van der Waals surface area contributed by atoms with Crippen LogP contribution < -0.4 is 5.09 Å². The summed E-state index contributed by atoms with van der Waals surface area (Å²) in [5.41, 5.74) is 0.459. The molecule has 1 atom stereocenters. The van der Waals surface area contributed by atoms with Crippen molar-refractivity contribution in [3.05, 3.63) is 22.0 Å². The molecule has 0 amide bonds. The Hall–Kier alpha value is -0.660. The van der Waals surface area contributed by atoms with Crippen LogP contribution in [0.5, 0.6) is 0 Å². The van der Waals surface area contributed by atoms with Gasteiger partial charge in [0, 0.05) is 24.5 Å². The van der Waals surface area contributed by atoms with Gasteiger partial charge in [-0.15, -0.1) is 23.2 Å². The molecule has 0 radical (unpaired) electrons. The van der Waals surface area contributed by atoms with Crippen LogP contribution in [0.3, 0.4) is 0 Å². The van der Waals surface area contributed by atoms with Crippen molar-refractivity contribution in [2.45, 2.75) is 13.0 Å². The highest BCUT2D eigenvalue weighted by Crippen LogP contribution is 2.43. The fraction of sp³-hybridized carbons (Fsp3) is 0.700. The Bertz CT molecular complexity index is 513.